The number of hydrogen-bond acceptors (Lipinski definition) is 7. The number of fused-ring (bicyclic) bond motifs is 2. The van der Waals surface area contributed by atoms with Crippen molar-refractivity contribution in [2.75, 3.05) is 17.7 Å². The molecular weight excluding hydrogens is 396 g/mol. The average Bonchev–Trinajstić information content (AvgIpc) is 3.41. The first kappa shape index (κ1) is 19.4. The van der Waals surface area contributed by atoms with E-state index in [1.165, 1.54) is 10.9 Å². The maximum absolute atomic E-state index is 12.0. The van der Waals surface area contributed by atoms with E-state index in [4.69, 9.17) is 17.3 Å². The molecule has 29 heavy (non-hydrogen) atoms. The molecular formula is C18H23ClN8O2. The van der Waals surface area contributed by atoms with Gasteiger partial charge in [-0.3, -0.25) is 14.3 Å². The molecule has 4 atom stereocenters. The number of nitrogens with zero attached hydrogens (tertiary/aromatic N) is 4. The molecule has 0 unspecified atom stereocenters. The molecule has 154 valence electrons. The van der Waals surface area contributed by atoms with Crippen LogP contribution in [0.2, 0.25) is 5.02 Å². The van der Waals surface area contributed by atoms with Gasteiger partial charge in [0.05, 0.1) is 24.0 Å². The summed E-state index contributed by atoms with van der Waals surface area (Å²) in [6.07, 6.45) is 7.88. The molecule has 2 fully saturated rings. The highest BCUT2D eigenvalue weighted by atomic mass is 35.5. The normalized spacial score (nSPS) is 25.0. The molecule has 11 heteroatoms. The molecule has 2 aliphatic rings. The van der Waals surface area contributed by atoms with Crippen LogP contribution in [-0.2, 0) is 16.1 Å². The monoisotopic (exact) mass is 418 g/mol. The quantitative estimate of drug-likeness (QED) is 0.528. The average molecular weight is 419 g/mol. The number of carbonyl (C=O) groups is 2. The highest BCUT2D eigenvalue weighted by Gasteiger charge is 2.50. The standard InChI is InChI=1S/C18H23ClN8O2/c1-21-13(28)8-27-7-11(5-23-27)24-18-22-6-12(19)17(26-18)25-15-10-3-2-9(4-10)14(15)16(20)29/h5-7,9-10,14-15H,2-4,8H2,1H3,(H2,20,29)(H,21,28)(H2,22,24,25,26)/t9-,10-,14-,15+/m0/s1. The van der Waals surface area contributed by atoms with Crippen LogP contribution in [0, 0.1) is 17.8 Å². The summed E-state index contributed by atoms with van der Waals surface area (Å²) < 4.78 is 1.50. The Morgan fingerprint density at radius 1 is 1.31 bits per heavy atom. The highest BCUT2D eigenvalue weighted by Crippen LogP contribution is 2.49. The van der Waals surface area contributed by atoms with Crippen LogP contribution in [0.5, 0.6) is 0 Å². The lowest BCUT2D eigenvalue weighted by Crippen LogP contribution is -2.42. The molecule has 2 amide bonds. The molecule has 0 aliphatic heterocycles. The SMILES string of the molecule is CNC(=O)Cn1cc(Nc2ncc(Cl)c(N[C@@H]3[C@H]4CC[C@@H](C4)[C@@H]3C(N)=O)n2)cn1. The van der Waals surface area contributed by atoms with E-state index in [1.807, 2.05) is 0 Å². The van der Waals surface area contributed by atoms with Crippen molar-refractivity contribution >= 4 is 40.9 Å². The predicted octanol–water partition coefficient (Wildman–Crippen LogP) is 1.13. The zero-order valence-electron chi connectivity index (χ0n) is 15.9. The molecule has 2 bridgehead atoms. The first-order chi connectivity index (χ1) is 13.9. The summed E-state index contributed by atoms with van der Waals surface area (Å²) in [4.78, 5) is 32.1. The van der Waals surface area contributed by atoms with Gasteiger partial charge in [0.2, 0.25) is 17.8 Å². The zero-order chi connectivity index (χ0) is 20.5. The Bertz CT molecular complexity index is 932. The van der Waals surface area contributed by atoms with Gasteiger partial charge < -0.3 is 21.7 Å². The fraction of sp³-hybridized carbons (Fsp3) is 0.500. The van der Waals surface area contributed by atoms with Crippen LogP contribution in [0.15, 0.2) is 18.6 Å². The second kappa shape index (κ2) is 7.86. The molecule has 4 rings (SSSR count). The van der Waals surface area contributed by atoms with Crippen LogP contribution in [-0.4, -0.2) is 44.7 Å². The van der Waals surface area contributed by atoms with Gasteiger partial charge in [0.1, 0.15) is 11.6 Å². The van der Waals surface area contributed by atoms with Crippen LogP contribution in [0.25, 0.3) is 0 Å². The predicted molar refractivity (Wildman–Crippen MR) is 108 cm³/mol. The van der Waals surface area contributed by atoms with E-state index in [-0.39, 0.29) is 30.3 Å². The lowest BCUT2D eigenvalue weighted by molar-refractivity contribution is -0.123. The Balaban J connectivity index is 1.48. The van der Waals surface area contributed by atoms with Crippen molar-refractivity contribution in [1.29, 1.82) is 0 Å². The van der Waals surface area contributed by atoms with Crippen molar-refractivity contribution in [2.45, 2.75) is 31.8 Å². The van der Waals surface area contributed by atoms with Crippen molar-refractivity contribution in [3.05, 3.63) is 23.6 Å². The van der Waals surface area contributed by atoms with Crippen molar-refractivity contribution in [3.63, 3.8) is 0 Å². The molecule has 5 N–H and O–H groups in total. The molecule has 0 spiro atoms. The van der Waals surface area contributed by atoms with E-state index in [0.717, 1.165) is 19.3 Å². The van der Waals surface area contributed by atoms with E-state index in [2.05, 4.69) is 31.0 Å². The number of primary amides is 1. The topological polar surface area (TPSA) is 140 Å². The third-order valence-electron chi connectivity index (χ3n) is 5.77. The van der Waals surface area contributed by atoms with Crippen molar-refractivity contribution in [2.24, 2.45) is 23.5 Å². The second-order valence-electron chi connectivity index (χ2n) is 7.55. The van der Waals surface area contributed by atoms with Crippen LogP contribution in [0.1, 0.15) is 19.3 Å². The Hall–Kier alpha value is -2.88. The Morgan fingerprint density at radius 2 is 2.10 bits per heavy atom. The van der Waals surface area contributed by atoms with Gasteiger partial charge in [-0.25, -0.2) is 4.98 Å². The smallest absolute Gasteiger partial charge is 0.241 e. The van der Waals surface area contributed by atoms with Gasteiger partial charge in [0.25, 0.3) is 0 Å². The summed E-state index contributed by atoms with van der Waals surface area (Å²) in [6, 6.07) is -0.0678. The van der Waals surface area contributed by atoms with Gasteiger partial charge in [0.15, 0.2) is 5.82 Å². The third-order valence-corrected chi connectivity index (χ3v) is 6.04. The number of halogens is 1. The van der Waals surface area contributed by atoms with E-state index in [1.54, 1.807) is 19.4 Å². The summed E-state index contributed by atoms with van der Waals surface area (Å²) in [5, 5.41) is 13.4. The van der Waals surface area contributed by atoms with Crippen molar-refractivity contribution < 1.29 is 9.59 Å². The molecule has 0 saturated heterocycles. The van der Waals surface area contributed by atoms with E-state index < -0.39 is 0 Å². The third kappa shape index (κ3) is 3.98. The number of anilines is 3. The number of nitrogens with two attached hydrogens (primary N) is 1. The minimum atomic E-state index is -0.276. The number of likely N-dealkylation sites (N-methyl/N-ethyl adjacent to an activating group) is 1. The molecule has 2 heterocycles. The number of rotatable bonds is 7. The zero-order valence-corrected chi connectivity index (χ0v) is 16.7. The molecule has 2 saturated carbocycles. The number of amides is 2. The maximum Gasteiger partial charge on any atom is 0.241 e. The molecule has 2 aromatic rings. The Morgan fingerprint density at radius 3 is 2.86 bits per heavy atom. The largest absolute Gasteiger partial charge is 0.369 e. The van der Waals surface area contributed by atoms with Gasteiger partial charge in [-0.15, -0.1) is 0 Å². The minimum absolute atomic E-state index is 0.0678. The molecule has 0 aromatic carbocycles. The summed E-state index contributed by atoms with van der Waals surface area (Å²) in [7, 11) is 1.57. The van der Waals surface area contributed by atoms with Gasteiger partial charge in [-0.2, -0.15) is 10.1 Å². The van der Waals surface area contributed by atoms with Crippen LogP contribution >= 0.6 is 11.6 Å². The Labute approximate surface area is 172 Å². The van der Waals surface area contributed by atoms with Crippen LogP contribution in [0.4, 0.5) is 17.5 Å². The summed E-state index contributed by atoms with van der Waals surface area (Å²) in [5.41, 5.74) is 6.29. The fourth-order valence-electron chi connectivity index (χ4n) is 4.46. The van der Waals surface area contributed by atoms with Crippen LogP contribution in [0.3, 0.4) is 0 Å². The van der Waals surface area contributed by atoms with E-state index >= 15 is 0 Å². The van der Waals surface area contributed by atoms with Crippen molar-refractivity contribution in [3.8, 4) is 0 Å². The second-order valence-corrected chi connectivity index (χ2v) is 7.95. The van der Waals surface area contributed by atoms with E-state index in [0.29, 0.717) is 34.3 Å². The first-order valence-electron chi connectivity index (χ1n) is 9.53. The highest BCUT2D eigenvalue weighted by molar-refractivity contribution is 6.32. The summed E-state index contributed by atoms with van der Waals surface area (Å²) in [6.45, 7) is 0.116. The molecule has 2 aromatic heterocycles. The molecule has 10 nitrogen and oxygen atoms in total. The van der Waals surface area contributed by atoms with E-state index in [9.17, 15) is 9.59 Å². The Kier molecular flexibility index (Phi) is 5.27. The molecule has 0 radical (unpaired) electrons. The van der Waals surface area contributed by atoms with Gasteiger partial charge in [-0.1, -0.05) is 11.6 Å². The maximum atomic E-state index is 12.0. The van der Waals surface area contributed by atoms with Gasteiger partial charge in [0, 0.05) is 19.3 Å². The number of carbonyl (C=O) groups excluding carboxylic acids is 2. The minimum Gasteiger partial charge on any atom is -0.369 e. The van der Waals surface area contributed by atoms with Gasteiger partial charge >= 0.3 is 0 Å². The molecule has 2 aliphatic carbocycles. The summed E-state index contributed by atoms with van der Waals surface area (Å²) >= 11 is 6.29. The van der Waals surface area contributed by atoms with Gasteiger partial charge in [-0.05, 0) is 31.1 Å². The number of aromatic nitrogens is 4. The first-order valence-corrected chi connectivity index (χ1v) is 9.91. The fourth-order valence-corrected chi connectivity index (χ4v) is 4.61. The van der Waals surface area contributed by atoms with Crippen LogP contribution < -0.4 is 21.7 Å². The summed E-state index contributed by atoms with van der Waals surface area (Å²) in [5.74, 6) is 0.882. The van der Waals surface area contributed by atoms with Crippen molar-refractivity contribution in [1.82, 2.24) is 25.1 Å². The lowest BCUT2D eigenvalue weighted by Gasteiger charge is -2.30. The number of hydrogen-bond donors (Lipinski definition) is 4. The number of nitrogens with one attached hydrogen (secondary N) is 3. The lowest BCUT2D eigenvalue weighted by atomic mass is 9.84.